The molecule has 6 heteroatoms. The van der Waals surface area contributed by atoms with Crippen LogP contribution in [0.2, 0.25) is 5.15 Å². The van der Waals surface area contributed by atoms with Gasteiger partial charge in [-0.3, -0.25) is 0 Å². The van der Waals surface area contributed by atoms with Crippen LogP contribution in [0.5, 0.6) is 0 Å². The van der Waals surface area contributed by atoms with Crippen molar-refractivity contribution in [3.05, 3.63) is 46.9 Å². The smallest absolute Gasteiger partial charge is 0.146 e. The van der Waals surface area contributed by atoms with Gasteiger partial charge in [-0.05, 0) is 12.1 Å². The van der Waals surface area contributed by atoms with Crippen LogP contribution >= 0.6 is 11.6 Å². The minimum atomic E-state index is -0.571. The van der Waals surface area contributed by atoms with E-state index in [0.717, 1.165) is 18.2 Å². The molecule has 1 heterocycles. The molecule has 0 saturated carbocycles. The summed E-state index contributed by atoms with van der Waals surface area (Å²) in [5.74, 6) is -0.271. The van der Waals surface area contributed by atoms with Crippen LogP contribution in [0.3, 0.4) is 0 Å². The maximum Gasteiger partial charge on any atom is 0.146 e. The Morgan fingerprint density at radius 3 is 2.45 bits per heavy atom. The lowest BCUT2D eigenvalue weighted by atomic mass is 9.96. The first-order chi connectivity index (χ1) is 9.25. The van der Waals surface area contributed by atoms with E-state index in [9.17, 15) is 8.78 Å². The van der Waals surface area contributed by atoms with E-state index in [4.69, 9.17) is 11.6 Å². The van der Waals surface area contributed by atoms with E-state index in [1.165, 1.54) is 6.07 Å². The molecule has 106 valence electrons. The fourth-order valence-electron chi connectivity index (χ4n) is 1.55. The first-order valence-electron chi connectivity index (χ1n) is 6.03. The van der Waals surface area contributed by atoms with E-state index < -0.39 is 11.6 Å². The van der Waals surface area contributed by atoms with Crippen molar-refractivity contribution < 1.29 is 8.78 Å². The molecule has 2 aromatic rings. The minimum absolute atomic E-state index is 0.000346. The Morgan fingerprint density at radius 1 is 1.10 bits per heavy atom. The fraction of sp³-hybridized carbons (Fsp3) is 0.286. The van der Waals surface area contributed by atoms with Gasteiger partial charge in [0.15, 0.2) is 0 Å². The van der Waals surface area contributed by atoms with Crippen LogP contribution in [-0.2, 0) is 5.41 Å². The number of anilines is 2. The lowest BCUT2D eigenvalue weighted by molar-refractivity contribution is 0.546. The highest BCUT2D eigenvalue weighted by Crippen LogP contribution is 2.25. The lowest BCUT2D eigenvalue weighted by Crippen LogP contribution is -2.17. The van der Waals surface area contributed by atoms with Crippen LogP contribution in [0, 0.1) is 11.6 Å². The van der Waals surface area contributed by atoms with E-state index in [0.29, 0.717) is 11.6 Å². The standard InChI is InChI=1S/C14H14ClF2N3/c1-14(2,3)13-19-11(15)7-12(20-13)18-10-6-8(16)4-5-9(10)17/h4-7H,1-3H3,(H,18,19,20). The first kappa shape index (κ1) is 14.7. The third-order valence-electron chi connectivity index (χ3n) is 2.56. The summed E-state index contributed by atoms with van der Waals surface area (Å²) in [5, 5.41) is 2.96. The molecule has 0 aliphatic carbocycles. The molecule has 1 aromatic carbocycles. The van der Waals surface area contributed by atoms with Gasteiger partial charge in [0.25, 0.3) is 0 Å². The third kappa shape index (κ3) is 3.42. The Bertz CT molecular complexity index is 639. The van der Waals surface area contributed by atoms with Gasteiger partial charge in [0.1, 0.15) is 28.4 Å². The average Bonchev–Trinajstić information content (AvgIpc) is 2.32. The second kappa shape index (κ2) is 5.32. The van der Waals surface area contributed by atoms with Crippen molar-refractivity contribution in [1.29, 1.82) is 0 Å². The highest BCUT2D eigenvalue weighted by molar-refractivity contribution is 6.29. The number of aromatic nitrogens is 2. The van der Waals surface area contributed by atoms with E-state index in [1.54, 1.807) is 0 Å². The predicted octanol–water partition coefficient (Wildman–Crippen LogP) is 4.45. The van der Waals surface area contributed by atoms with Gasteiger partial charge in [0.05, 0.1) is 5.69 Å². The van der Waals surface area contributed by atoms with Gasteiger partial charge in [-0.2, -0.15) is 0 Å². The zero-order valence-corrected chi connectivity index (χ0v) is 12.1. The molecular weight excluding hydrogens is 284 g/mol. The van der Waals surface area contributed by atoms with Crippen molar-refractivity contribution in [3.63, 3.8) is 0 Å². The van der Waals surface area contributed by atoms with Gasteiger partial charge >= 0.3 is 0 Å². The quantitative estimate of drug-likeness (QED) is 0.832. The maximum absolute atomic E-state index is 13.6. The zero-order chi connectivity index (χ0) is 14.9. The second-order valence-corrected chi connectivity index (χ2v) is 5.79. The van der Waals surface area contributed by atoms with Crippen LogP contribution in [0.1, 0.15) is 26.6 Å². The van der Waals surface area contributed by atoms with Crippen molar-refractivity contribution in [1.82, 2.24) is 9.97 Å². The Balaban J connectivity index is 2.39. The molecule has 0 fully saturated rings. The normalized spacial score (nSPS) is 11.5. The molecule has 0 radical (unpaired) electrons. The molecular formula is C14H14ClF2N3. The Labute approximate surface area is 121 Å². The SMILES string of the molecule is CC(C)(C)c1nc(Cl)cc(Nc2cc(F)ccc2F)n1. The van der Waals surface area contributed by atoms with Gasteiger partial charge in [-0.1, -0.05) is 32.4 Å². The van der Waals surface area contributed by atoms with Crippen molar-refractivity contribution in [3.8, 4) is 0 Å². The van der Waals surface area contributed by atoms with Gasteiger partial charge in [0.2, 0.25) is 0 Å². The number of halogens is 3. The van der Waals surface area contributed by atoms with Gasteiger partial charge < -0.3 is 5.32 Å². The molecule has 0 amide bonds. The van der Waals surface area contributed by atoms with E-state index >= 15 is 0 Å². The molecule has 1 N–H and O–H groups in total. The van der Waals surface area contributed by atoms with Crippen molar-refractivity contribution in [2.45, 2.75) is 26.2 Å². The van der Waals surface area contributed by atoms with Crippen LogP contribution in [0.25, 0.3) is 0 Å². The number of nitrogens with one attached hydrogen (secondary N) is 1. The van der Waals surface area contributed by atoms with E-state index in [-0.39, 0.29) is 16.3 Å². The molecule has 0 unspecified atom stereocenters. The average molecular weight is 298 g/mol. The summed E-state index contributed by atoms with van der Waals surface area (Å²) in [6.07, 6.45) is 0. The molecule has 20 heavy (non-hydrogen) atoms. The van der Waals surface area contributed by atoms with Gasteiger partial charge in [0, 0.05) is 17.5 Å². The van der Waals surface area contributed by atoms with Crippen LogP contribution < -0.4 is 5.32 Å². The second-order valence-electron chi connectivity index (χ2n) is 5.40. The zero-order valence-electron chi connectivity index (χ0n) is 11.3. The van der Waals surface area contributed by atoms with E-state index in [1.807, 2.05) is 20.8 Å². The lowest BCUT2D eigenvalue weighted by Gasteiger charge is -2.18. The Kier molecular flexibility index (Phi) is 3.90. The van der Waals surface area contributed by atoms with Crippen molar-refractivity contribution in [2.24, 2.45) is 0 Å². The summed E-state index contributed by atoms with van der Waals surface area (Å²) in [5.41, 5.74) is -0.304. The van der Waals surface area contributed by atoms with Crippen LogP contribution in [0.4, 0.5) is 20.3 Å². The monoisotopic (exact) mass is 297 g/mol. The summed E-state index contributed by atoms with van der Waals surface area (Å²) in [4.78, 5) is 8.41. The molecule has 2 rings (SSSR count). The number of rotatable bonds is 2. The minimum Gasteiger partial charge on any atom is -0.338 e. The molecule has 0 saturated heterocycles. The number of nitrogens with zero attached hydrogens (tertiary/aromatic N) is 2. The molecule has 3 nitrogen and oxygen atoms in total. The summed E-state index contributed by atoms with van der Waals surface area (Å²) in [7, 11) is 0. The molecule has 0 aliphatic heterocycles. The Morgan fingerprint density at radius 2 is 1.80 bits per heavy atom. The maximum atomic E-state index is 13.6. The van der Waals surface area contributed by atoms with Crippen molar-refractivity contribution >= 4 is 23.1 Å². The summed E-state index contributed by atoms with van der Waals surface area (Å²) < 4.78 is 26.7. The van der Waals surface area contributed by atoms with E-state index in [2.05, 4.69) is 15.3 Å². The highest BCUT2D eigenvalue weighted by atomic mass is 35.5. The van der Waals surface area contributed by atoms with Crippen molar-refractivity contribution in [2.75, 3.05) is 5.32 Å². The largest absolute Gasteiger partial charge is 0.338 e. The topological polar surface area (TPSA) is 37.8 Å². The van der Waals surface area contributed by atoms with Crippen LogP contribution in [-0.4, -0.2) is 9.97 Å². The number of benzene rings is 1. The summed E-state index contributed by atoms with van der Waals surface area (Å²) >= 11 is 5.93. The van der Waals surface area contributed by atoms with Crippen LogP contribution in [0.15, 0.2) is 24.3 Å². The number of hydrogen-bond acceptors (Lipinski definition) is 3. The summed E-state index contributed by atoms with van der Waals surface area (Å²) in [6.45, 7) is 5.81. The van der Waals surface area contributed by atoms with Gasteiger partial charge in [-0.15, -0.1) is 0 Å². The molecule has 0 bridgehead atoms. The Hall–Kier alpha value is -1.75. The highest BCUT2D eigenvalue weighted by Gasteiger charge is 2.19. The first-order valence-corrected chi connectivity index (χ1v) is 6.40. The van der Waals surface area contributed by atoms with Gasteiger partial charge in [-0.25, -0.2) is 18.7 Å². The molecule has 1 aromatic heterocycles. The fourth-order valence-corrected chi connectivity index (χ4v) is 1.73. The third-order valence-corrected chi connectivity index (χ3v) is 2.75. The molecule has 0 spiro atoms. The molecule has 0 atom stereocenters. The number of hydrogen-bond donors (Lipinski definition) is 1. The summed E-state index contributed by atoms with van der Waals surface area (Å²) in [6, 6.07) is 4.61. The predicted molar refractivity (Wildman–Crippen MR) is 75.4 cm³/mol. The molecule has 0 aliphatic rings.